The number of halogens is 1. The number of carboxylic acids is 1. The van der Waals surface area contributed by atoms with Gasteiger partial charge in [-0.2, -0.15) is 0 Å². The summed E-state index contributed by atoms with van der Waals surface area (Å²) in [5.41, 5.74) is 6.74. The number of nitrogens with zero attached hydrogens (tertiary/aromatic N) is 4. The second-order valence-electron chi connectivity index (χ2n) is 14.0. The SMILES string of the molecule is C[C@@H](O)[C@H]1C(=O)N2C(C(=O)[O-])=C(CN3C(=O)c4cccc5c(CC[N+]67CC[N+](CCCN)(CC6)CC7)ccc(c45)S3(=O)=O)[C@H](C)[C@H]12.[Cl-]. The van der Waals surface area contributed by atoms with E-state index in [1.807, 2.05) is 12.1 Å². The van der Waals surface area contributed by atoms with Gasteiger partial charge in [0.2, 0.25) is 5.91 Å². The number of aliphatic hydroxyl groups excluding tert-OH is 1. The summed E-state index contributed by atoms with van der Waals surface area (Å²) in [7, 11) is -4.36. The Morgan fingerprint density at radius 3 is 2.30 bits per heavy atom. The molecule has 2 aromatic carbocycles. The van der Waals surface area contributed by atoms with Gasteiger partial charge >= 0.3 is 0 Å². The molecular weight excluding hydrogens is 646 g/mol. The van der Waals surface area contributed by atoms with Gasteiger partial charge in [0.1, 0.15) is 39.3 Å². The number of aliphatic carboxylic acids is 1. The van der Waals surface area contributed by atoms with Gasteiger partial charge in [-0.1, -0.05) is 25.1 Å². The van der Waals surface area contributed by atoms with Crippen molar-refractivity contribution in [1.82, 2.24) is 9.21 Å². The molecule has 254 valence electrons. The molecule has 0 aliphatic carbocycles. The maximum Gasteiger partial charge on any atom is 0.268 e. The molecule has 14 heteroatoms. The third kappa shape index (κ3) is 5.00. The van der Waals surface area contributed by atoms with Crippen molar-refractivity contribution in [2.24, 2.45) is 17.6 Å². The van der Waals surface area contributed by atoms with Crippen molar-refractivity contribution >= 4 is 38.6 Å². The fraction of sp³-hybridized carbons (Fsp3) is 0.545. The average Bonchev–Trinajstić information content (AvgIpc) is 3.28. The Bertz CT molecular complexity index is 1790. The first-order chi connectivity index (χ1) is 21.8. The number of sulfonamides is 1. The maximum atomic E-state index is 14.1. The molecular formula is C33H42ClN5O7S. The lowest BCUT2D eigenvalue weighted by atomic mass is 9.78. The molecule has 6 heterocycles. The smallest absolute Gasteiger partial charge is 0.268 e. The molecule has 4 atom stereocenters. The van der Waals surface area contributed by atoms with Crippen LogP contribution in [-0.2, 0) is 26.0 Å². The van der Waals surface area contributed by atoms with Crippen LogP contribution in [0.5, 0.6) is 0 Å². The third-order valence-corrected chi connectivity index (χ3v) is 13.5. The van der Waals surface area contributed by atoms with Crippen molar-refractivity contribution < 1.29 is 54.4 Å². The van der Waals surface area contributed by atoms with Gasteiger partial charge in [-0.3, -0.25) is 9.59 Å². The fourth-order valence-electron chi connectivity index (χ4n) is 8.96. The molecule has 2 aromatic rings. The molecule has 6 aliphatic heterocycles. The topological polar surface area (TPSA) is 161 Å². The van der Waals surface area contributed by atoms with E-state index < -0.39 is 64.0 Å². The maximum absolute atomic E-state index is 14.1. The van der Waals surface area contributed by atoms with Gasteiger partial charge in [0.25, 0.3) is 15.9 Å². The number of carbonyl (C=O) groups excluding carboxylic acids is 3. The van der Waals surface area contributed by atoms with Crippen LogP contribution < -0.4 is 23.2 Å². The van der Waals surface area contributed by atoms with Crippen molar-refractivity contribution in [2.45, 2.75) is 43.7 Å². The lowest BCUT2D eigenvalue weighted by molar-refractivity contribution is -1.08. The molecule has 4 fully saturated rings. The fourth-order valence-corrected chi connectivity index (χ4v) is 10.5. The molecule has 4 saturated heterocycles. The zero-order valence-corrected chi connectivity index (χ0v) is 28.3. The molecule has 0 spiro atoms. The van der Waals surface area contributed by atoms with E-state index in [4.69, 9.17) is 5.73 Å². The largest absolute Gasteiger partial charge is 1.00 e. The van der Waals surface area contributed by atoms with Crippen LogP contribution in [0, 0.1) is 11.8 Å². The minimum atomic E-state index is -4.36. The Hall–Kier alpha value is -3.07. The van der Waals surface area contributed by atoms with E-state index in [1.54, 1.807) is 25.1 Å². The summed E-state index contributed by atoms with van der Waals surface area (Å²) >= 11 is 0. The zero-order valence-electron chi connectivity index (χ0n) is 26.7. The van der Waals surface area contributed by atoms with Crippen LogP contribution in [-0.4, -0.2) is 127 Å². The van der Waals surface area contributed by atoms with Crippen molar-refractivity contribution in [3.63, 3.8) is 0 Å². The molecule has 47 heavy (non-hydrogen) atoms. The van der Waals surface area contributed by atoms with Crippen LogP contribution in [0.4, 0.5) is 0 Å². The normalized spacial score (nSPS) is 31.1. The number of hydrogen-bond acceptors (Lipinski definition) is 8. The van der Waals surface area contributed by atoms with Crippen LogP contribution in [0.2, 0.25) is 0 Å². The number of β-lactam (4-membered cyclic amide) rings is 1. The van der Waals surface area contributed by atoms with Crippen LogP contribution in [0.25, 0.3) is 10.8 Å². The quantitative estimate of drug-likeness (QED) is 0.191. The van der Waals surface area contributed by atoms with Gasteiger partial charge in [-0.25, -0.2) is 12.7 Å². The molecule has 8 rings (SSSR count). The number of piperazine rings is 3. The first-order valence-corrected chi connectivity index (χ1v) is 17.8. The van der Waals surface area contributed by atoms with E-state index in [2.05, 4.69) is 0 Å². The first kappa shape index (κ1) is 33.8. The number of nitrogens with two attached hydrogens (primary N) is 1. The Labute approximate surface area is 281 Å². The lowest BCUT2D eigenvalue weighted by Crippen LogP contribution is -3.00. The molecule has 0 saturated carbocycles. The molecule has 2 amide bonds. The number of fused-ring (bicyclic) bond motifs is 4. The highest BCUT2D eigenvalue weighted by atomic mass is 35.5. The second kappa shape index (κ2) is 11.8. The Kier molecular flexibility index (Phi) is 8.50. The highest BCUT2D eigenvalue weighted by Gasteiger charge is 2.59. The molecule has 2 bridgehead atoms. The van der Waals surface area contributed by atoms with Crippen molar-refractivity contribution in [3.05, 3.63) is 52.7 Å². The Balaban J connectivity index is 0.00000386. The van der Waals surface area contributed by atoms with E-state index in [1.165, 1.54) is 11.4 Å². The van der Waals surface area contributed by atoms with Crippen molar-refractivity contribution in [2.75, 3.05) is 65.4 Å². The molecule has 0 aromatic heterocycles. The van der Waals surface area contributed by atoms with Crippen LogP contribution in [0.1, 0.15) is 36.2 Å². The number of quaternary nitrogens is 2. The molecule has 12 nitrogen and oxygen atoms in total. The highest BCUT2D eigenvalue weighted by molar-refractivity contribution is 7.90. The van der Waals surface area contributed by atoms with E-state index in [0.29, 0.717) is 5.39 Å². The van der Waals surface area contributed by atoms with E-state index in [9.17, 15) is 33.0 Å². The van der Waals surface area contributed by atoms with E-state index >= 15 is 0 Å². The average molecular weight is 688 g/mol. The Morgan fingerprint density at radius 1 is 1.06 bits per heavy atom. The minimum absolute atomic E-state index is 0. The van der Waals surface area contributed by atoms with Crippen molar-refractivity contribution in [3.8, 4) is 0 Å². The van der Waals surface area contributed by atoms with Crippen LogP contribution in [0.15, 0.2) is 46.5 Å². The molecule has 0 unspecified atom stereocenters. The lowest BCUT2D eigenvalue weighted by Gasteiger charge is -2.55. The molecule has 6 aliphatic rings. The summed E-state index contributed by atoms with van der Waals surface area (Å²) in [6.07, 6.45) is 0.799. The number of rotatable bonds is 10. The minimum Gasteiger partial charge on any atom is -1.00 e. The summed E-state index contributed by atoms with van der Waals surface area (Å²) in [4.78, 5) is 40.1. The van der Waals surface area contributed by atoms with E-state index in [-0.39, 0.29) is 28.4 Å². The summed E-state index contributed by atoms with van der Waals surface area (Å²) in [5.74, 6) is -4.33. The first-order valence-electron chi connectivity index (χ1n) is 16.3. The van der Waals surface area contributed by atoms with Crippen LogP contribution >= 0.6 is 0 Å². The molecule has 0 radical (unpaired) electrons. The molecule has 3 N–H and O–H groups in total. The number of carboxylic acid groups (broad SMARTS) is 1. The standard InChI is InChI=1S/C33H42N5O7S.ClH/c1-20-25(30(33(42)43)36-29(20)27(21(2)39)32(36)41)19-35-31(40)24-6-3-5-23-22(7-8-26(28(23)24)46(35,44)45)9-12-38-16-13-37(14-17-38,15-18-38)11-4-10-34;/h3,5-8,20-21,27,29,39H,4,9-19,34H2,1-2H3;1H/q+1;/p-1/t20-,21+,27+,29+,37?,38?;/m0./s1. The van der Waals surface area contributed by atoms with Gasteiger partial charge in [0.15, 0.2) is 0 Å². The predicted octanol–water partition coefficient (Wildman–Crippen LogP) is -3.60. The zero-order chi connectivity index (χ0) is 32.8. The number of aliphatic hydroxyl groups is 1. The number of amides is 2. The number of benzene rings is 2. The predicted molar refractivity (Wildman–Crippen MR) is 166 cm³/mol. The monoisotopic (exact) mass is 687 g/mol. The summed E-state index contributed by atoms with van der Waals surface area (Å²) < 4.78 is 31.1. The van der Waals surface area contributed by atoms with E-state index in [0.717, 1.165) is 96.4 Å². The van der Waals surface area contributed by atoms with Gasteiger partial charge in [-0.15, -0.1) is 0 Å². The van der Waals surface area contributed by atoms with Gasteiger partial charge in [0, 0.05) is 29.7 Å². The number of carbonyl (C=O) groups is 3. The summed E-state index contributed by atoms with van der Waals surface area (Å²) in [6, 6.07) is 8.02. The Morgan fingerprint density at radius 2 is 1.70 bits per heavy atom. The summed E-state index contributed by atoms with van der Waals surface area (Å²) in [5, 5.41) is 23.5. The highest BCUT2D eigenvalue weighted by Crippen LogP contribution is 2.48. The third-order valence-electron chi connectivity index (χ3n) is 11.8. The van der Waals surface area contributed by atoms with Crippen LogP contribution in [0.3, 0.4) is 0 Å². The van der Waals surface area contributed by atoms with Crippen molar-refractivity contribution in [1.29, 1.82) is 0 Å². The van der Waals surface area contributed by atoms with Gasteiger partial charge in [-0.05, 0) is 42.1 Å². The van der Waals surface area contributed by atoms with Gasteiger partial charge < -0.3 is 47.0 Å². The summed E-state index contributed by atoms with van der Waals surface area (Å²) in [6.45, 7) is 12.3. The number of hydrogen-bond donors (Lipinski definition) is 2. The van der Waals surface area contributed by atoms with Gasteiger partial charge in [0.05, 0.1) is 54.3 Å². The second-order valence-corrected chi connectivity index (χ2v) is 15.9.